The van der Waals surface area contributed by atoms with Gasteiger partial charge in [-0.15, -0.1) is 0 Å². The molecule has 0 spiro atoms. The van der Waals surface area contributed by atoms with Crippen LogP contribution in [0.25, 0.3) is 0 Å². The quantitative estimate of drug-likeness (QED) is 0.873. The van der Waals surface area contributed by atoms with Crippen LogP contribution >= 0.6 is 0 Å². The van der Waals surface area contributed by atoms with E-state index in [0.29, 0.717) is 12.2 Å². The van der Waals surface area contributed by atoms with Crippen LogP contribution in [0.15, 0.2) is 18.2 Å². The van der Waals surface area contributed by atoms with Crippen molar-refractivity contribution in [3.8, 4) is 0 Å². The smallest absolute Gasteiger partial charge is 0.376 e. The van der Waals surface area contributed by atoms with Crippen LogP contribution in [0.4, 0.5) is 18.9 Å². The highest BCUT2D eigenvalue weighted by molar-refractivity contribution is 5.81. The number of hydrogen-bond donors (Lipinski definition) is 2. The van der Waals surface area contributed by atoms with Crippen molar-refractivity contribution in [1.82, 2.24) is 5.32 Å². The van der Waals surface area contributed by atoms with Crippen LogP contribution < -0.4 is 10.6 Å². The van der Waals surface area contributed by atoms with Crippen molar-refractivity contribution < 1.29 is 18.0 Å². The molecule has 0 aliphatic rings. The van der Waals surface area contributed by atoms with Crippen LogP contribution in [0.5, 0.6) is 0 Å². The van der Waals surface area contributed by atoms with E-state index in [-0.39, 0.29) is 18.0 Å². The molecule has 0 aliphatic carbocycles. The van der Waals surface area contributed by atoms with E-state index in [2.05, 4.69) is 10.6 Å². The predicted molar refractivity (Wildman–Crippen MR) is 63.4 cm³/mol. The Morgan fingerprint density at radius 3 is 2.56 bits per heavy atom. The average molecular weight is 260 g/mol. The van der Waals surface area contributed by atoms with Crippen LogP contribution in [0.1, 0.15) is 18.1 Å². The van der Waals surface area contributed by atoms with Gasteiger partial charge in [0.05, 0.1) is 12.1 Å². The molecule has 0 aromatic heterocycles. The Morgan fingerprint density at radius 2 is 2.00 bits per heavy atom. The molecule has 0 aliphatic heterocycles. The molecule has 2 N–H and O–H groups in total. The predicted octanol–water partition coefficient (Wildman–Crippen LogP) is 2.56. The summed E-state index contributed by atoms with van der Waals surface area (Å²) in [6, 6.07) is 3.85. The lowest BCUT2D eigenvalue weighted by molar-refractivity contribution is -0.138. The third-order valence-electron chi connectivity index (χ3n) is 2.45. The Bertz CT molecular complexity index is 430. The molecule has 0 fully saturated rings. The fourth-order valence-electron chi connectivity index (χ4n) is 1.57. The molecule has 0 saturated heterocycles. The van der Waals surface area contributed by atoms with Gasteiger partial charge in [0, 0.05) is 12.2 Å². The summed E-state index contributed by atoms with van der Waals surface area (Å²) in [5.74, 6) is -0.255. The van der Waals surface area contributed by atoms with E-state index in [1.165, 1.54) is 19.1 Å². The summed E-state index contributed by atoms with van der Waals surface area (Å²) >= 11 is 0. The molecular weight excluding hydrogens is 245 g/mol. The van der Waals surface area contributed by atoms with Crippen LogP contribution in [0.2, 0.25) is 0 Å². The number of carbonyl (C=O) groups is 1. The Morgan fingerprint density at radius 1 is 1.33 bits per heavy atom. The number of amides is 1. The second-order valence-corrected chi connectivity index (χ2v) is 3.78. The molecule has 0 heterocycles. The van der Waals surface area contributed by atoms with E-state index < -0.39 is 11.7 Å². The zero-order valence-corrected chi connectivity index (χ0v) is 10.2. The van der Waals surface area contributed by atoms with Gasteiger partial charge in [0.15, 0.2) is 0 Å². The van der Waals surface area contributed by atoms with Gasteiger partial charge in [-0.05, 0) is 31.5 Å². The Kier molecular flexibility index (Phi) is 4.58. The first-order valence-electron chi connectivity index (χ1n) is 5.53. The summed E-state index contributed by atoms with van der Waals surface area (Å²) in [6.07, 6.45) is -4.38. The standard InChI is InChI=1S/C12H15F3N2O/c1-3-16-11(18)7-17-10-6-4-5-9(8(10)2)12(13,14)15/h4-6,17H,3,7H2,1-2H3,(H,16,18). The number of likely N-dealkylation sites (N-methyl/N-ethyl adjacent to an activating group) is 1. The van der Waals surface area contributed by atoms with Crippen LogP contribution in [0, 0.1) is 6.92 Å². The van der Waals surface area contributed by atoms with Gasteiger partial charge in [-0.25, -0.2) is 0 Å². The molecule has 0 unspecified atom stereocenters. The fraction of sp³-hybridized carbons (Fsp3) is 0.417. The molecule has 18 heavy (non-hydrogen) atoms. The minimum atomic E-state index is -4.38. The summed E-state index contributed by atoms with van der Waals surface area (Å²) in [7, 11) is 0. The minimum Gasteiger partial charge on any atom is -0.376 e. The highest BCUT2D eigenvalue weighted by Gasteiger charge is 2.32. The van der Waals surface area contributed by atoms with Crippen molar-refractivity contribution >= 4 is 11.6 Å². The van der Waals surface area contributed by atoms with Gasteiger partial charge in [0.25, 0.3) is 0 Å². The number of benzene rings is 1. The highest BCUT2D eigenvalue weighted by Crippen LogP contribution is 2.34. The molecular formula is C12H15F3N2O. The number of alkyl halides is 3. The molecule has 1 aromatic rings. The van der Waals surface area contributed by atoms with Gasteiger partial charge in [0.1, 0.15) is 0 Å². The maximum absolute atomic E-state index is 12.6. The molecule has 1 rings (SSSR count). The molecule has 1 amide bonds. The summed E-state index contributed by atoms with van der Waals surface area (Å²) in [5.41, 5.74) is -0.284. The zero-order valence-electron chi connectivity index (χ0n) is 10.2. The van der Waals surface area contributed by atoms with Gasteiger partial charge >= 0.3 is 6.18 Å². The van der Waals surface area contributed by atoms with E-state index in [1.54, 1.807) is 6.92 Å². The molecule has 0 atom stereocenters. The monoisotopic (exact) mass is 260 g/mol. The lowest BCUT2D eigenvalue weighted by Crippen LogP contribution is -2.29. The summed E-state index contributed by atoms with van der Waals surface area (Å²) in [6.45, 7) is 3.59. The zero-order chi connectivity index (χ0) is 13.8. The van der Waals surface area contributed by atoms with Gasteiger partial charge in [-0.2, -0.15) is 13.2 Å². The van der Waals surface area contributed by atoms with E-state index >= 15 is 0 Å². The van der Waals surface area contributed by atoms with Crippen molar-refractivity contribution in [3.05, 3.63) is 29.3 Å². The third kappa shape index (κ3) is 3.65. The normalized spacial score (nSPS) is 11.2. The van der Waals surface area contributed by atoms with Crippen molar-refractivity contribution in [1.29, 1.82) is 0 Å². The van der Waals surface area contributed by atoms with Gasteiger partial charge in [-0.1, -0.05) is 6.07 Å². The van der Waals surface area contributed by atoms with E-state index in [1.807, 2.05) is 0 Å². The van der Waals surface area contributed by atoms with E-state index in [4.69, 9.17) is 0 Å². The SMILES string of the molecule is CCNC(=O)CNc1cccc(C(F)(F)F)c1C. The highest BCUT2D eigenvalue weighted by atomic mass is 19.4. The molecule has 3 nitrogen and oxygen atoms in total. The van der Waals surface area contributed by atoms with E-state index in [9.17, 15) is 18.0 Å². The summed E-state index contributed by atoms with van der Waals surface area (Å²) < 4.78 is 37.9. The maximum atomic E-state index is 12.6. The maximum Gasteiger partial charge on any atom is 0.416 e. The second kappa shape index (κ2) is 5.75. The summed E-state index contributed by atoms with van der Waals surface area (Å²) in [4.78, 5) is 11.2. The third-order valence-corrected chi connectivity index (χ3v) is 2.45. The molecule has 6 heteroatoms. The number of hydrogen-bond acceptors (Lipinski definition) is 2. The van der Waals surface area contributed by atoms with Gasteiger partial charge in [-0.3, -0.25) is 4.79 Å². The average Bonchev–Trinajstić information content (AvgIpc) is 2.26. The fourth-order valence-corrected chi connectivity index (χ4v) is 1.57. The lowest BCUT2D eigenvalue weighted by Gasteiger charge is -2.15. The molecule has 0 bridgehead atoms. The minimum absolute atomic E-state index is 0.0456. The number of halogens is 3. The van der Waals surface area contributed by atoms with Crippen LogP contribution in [0.3, 0.4) is 0 Å². The number of rotatable bonds is 4. The lowest BCUT2D eigenvalue weighted by atomic mass is 10.1. The van der Waals surface area contributed by atoms with Crippen molar-refractivity contribution in [2.24, 2.45) is 0 Å². The number of nitrogens with one attached hydrogen (secondary N) is 2. The first-order valence-corrected chi connectivity index (χ1v) is 5.53. The Hall–Kier alpha value is -1.72. The van der Waals surface area contributed by atoms with Crippen molar-refractivity contribution in [3.63, 3.8) is 0 Å². The number of anilines is 1. The second-order valence-electron chi connectivity index (χ2n) is 3.78. The molecule has 100 valence electrons. The number of carbonyl (C=O) groups excluding carboxylic acids is 1. The molecule has 0 radical (unpaired) electrons. The van der Waals surface area contributed by atoms with E-state index in [0.717, 1.165) is 6.07 Å². The van der Waals surface area contributed by atoms with Crippen molar-refractivity contribution in [2.45, 2.75) is 20.0 Å². The van der Waals surface area contributed by atoms with Crippen LogP contribution in [-0.4, -0.2) is 19.0 Å². The van der Waals surface area contributed by atoms with Gasteiger partial charge < -0.3 is 10.6 Å². The first kappa shape index (κ1) is 14.3. The van der Waals surface area contributed by atoms with Crippen molar-refractivity contribution in [2.75, 3.05) is 18.4 Å². The molecule has 1 aromatic carbocycles. The molecule has 0 saturated carbocycles. The topological polar surface area (TPSA) is 41.1 Å². The first-order chi connectivity index (χ1) is 8.36. The van der Waals surface area contributed by atoms with Crippen LogP contribution in [-0.2, 0) is 11.0 Å². The Labute approximate surface area is 103 Å². The Balaban J connectivity index is 2.82. The van der Waals surface area contributed by atoms with Gasteiger partial charge in [0.2, 0.25) is 5.91 Å². The summed E-state index contributed by atoms with van der Waals surface area (Å²) in [5, 5.41) is 5.25. The largest absolute Gasteiger partial charge is 0.416 e.